The largest absolute Gasteiger partial charge is 0.491 e. The molecule has 0 aromatic heterocycles. The maximum Gasteiger partial charge on any atom is 0.165 e. The lowest BCUT2D eigenvalue weighted by Gasteiger charge is -2.24. The Labute approximate surface area is 134 Å². The van der Waals surface area contributed by atoms with Gasteiger partial charge in [0.05, 0.1) is 25.0 Å². The fourth-order valence-corrected chi connectivity index (χ4v) is 2.67. The van der Waals surface area contributed by atoms with Crippen molar-refractivity contribution in [2.75, 3.05) is 18.5 Å². The van der Waals surface area contributed by atoms with Gasteiger partial charge in [-0.15, -0.1) is 0 Å². The van der Waals surface area contributed by atoms with Gasteiger partial charge in [-0.2, -0.15) is 0 Å². The van der Waals surface area contributed by atoms with Crippen molar-refractivity contribution in [2.45, 2.75) is 26.0 Å². The molecule has 0 aliphatic carbocycles. The van der Waals surface area contributed by atoms with Crippen molar-refractivity contribution >= 4 is 5.69 Å². The molecule has 2 aromatic rings. The summed E-state index contributed by atoms with van der Waals surface area (Å²) < 4.78 is 24.7. The van der Waals surface area contributed by atoms with Gasteiger partial charge in [0.15, 0.2) is 11.6 Å². The standard InChI is InChI=1S/C18H20FNO3/c1-2-22-17-7-6-12(10-14(17)19)11-20-15-5-3-4-13-16(21)8-9-23-18(13)15/h3-7,10,16,20-21H,2,8-9,11H2,1H3. The third kappa shape index (κ3) is 3.40. The molecule has 4 nitrogen and oxygen atoms in total. The first-order chi connectivity index (χ1) is 11.2. The summed E-state index contributed by atoms with van der Waals surface area (Å²) in [7, 11) is 0. The number of aliphatic hydroxyl groups excluding tert-OH is 1. The number of hydrogen-bond donors (Lipinski definition) is 2. The second-order valence-corrected chi connectivity index (χ2v) is 5.43. The van der Waals surface area contributed by atoms with Gasteiger partial charge in [0.25, 0.3) is 0 Å². The first-order valence-electron chi connectivity index (χ1n) is 7.78. The first-order valence-corrected chi connectivity index (χ1v) is 7.78. The molecule has 0 fully saturated rings. The van der Waals surface area contributed by atoms with Crippen LogP contribution in [0, 0.1) is 5.82 Å². The summed E-state index contributed by atoms with van der Waals surface area (Å²) >= 11 is 0. The predicted octanol–water partition coefficient (Wildman–Crippen LogP) is 3.65. The van der Waals surface area contributed by atoms with Gasteiger partial charge in [0, 0.05) is 18.5 Å². The molecule has 0 saturated heterocycles. The molecule has 0 amide bonds. The highest BCUT2D eigenvalue weighted by Crippen LogP contribution is 2.38. The first kappa shape index (κ1) is 15.6. The lowest BCUT2D eigenvalue weighted by molar-refractivity contribution is 0.116. The zero-order chi connectivity index (χ0) is 16.2. The molecule has 2 N–H and O–H groups in total. The van der Waals surface area contributed by atoms with Crippen LogP contribution >= 0.6 is 0 Å². The number of hydrogen-bond acceptors (Lipinski definition) is 4. The highest BCUT2D eigenvalue weighted by atomic mass is 19.1. The van der Waals surface area contributed by atoms with Crippen molar-refractivity contribution < 1.29 is 19.0 Å². The van der Waals surface area contributed by atoms with Crippen LogP contribution in [-0.2, 0) is 6.54 Å². The van der Waals surface area contributed by atoms with Crippen LogP contribution < -0.4 is 14.8 Å². The number of aliphatic hydroxyl groups is 1. The second kappa shape index (κ2) is 6.87. The molecule has 0 bridgehead atoms. The Balaban J connectivity index is 1.74. The van der Waals surface area contributed by atoms with Gasteiger partial charge in [-0.05, 0) is 30.7 Å². The molecule has 23 heavy (non-hydrogen) atoms. The molecule has 0 saturated carbocycles. The van der Waals surface area contributed by atoms with Crippen molar-refractivity contribution in [1.29, 1.82) is 0 Å². The predicted molar refractivity (Wildman–Crippen MR) is 86.4 cm³/mol. The van der Waals surface area contributed by atoms with Crippen LogP contribution in [0.5, 0.6) is 11.5 Å². The summed E-state index contributed by atoms with van der Waals surface area (Å²) in [5.41, 5.74) is 2.40. The van der Waals surface area contributed by atoms with E-state index in [4.69, 9.17) is 9.47 Å². The monoisotopic (exact) mass is 317 g/mol. The number of halogens is 1. The van der Waals surface area contributed by atoms with Crippen LogP contribution in [0.4, 0.5) is 10.1 Å². The molecule has 1 heterocycles. The maximum atomic E-state index is 13.9. The minimum Gasteiger partial charge on any atom is -0.491 e. The van der Waals surface area contributed by atoms with E-state index in [1.165, 1.54) is 6.07 Å². The quantitative estimate of drug-likeness (QED) is 0.884. The fourth-order valence-electron chi connectivity index (χ4n) is 2.67. The molecule has 1 aliphatic rings. The molecular formula is C18H20FNO3. The average molecular weight is 317 g/mol. The van der Waals surface area contributed by atoms with Crippen LogP contribution in [-0.4, -0.2) is 18.3 Å². The van der Waals surface area contributed by atoms with Crippen LogP contribution in [0.1, 0.15) is 30.6 Å². The van der Waals surface area contributed by atoms with Crippen molar-refractivity contribution in [2.24, 2.45) is 0 Å². The van der Waals surface area contributed by atoms with Crippen LogP contribution in [0.2, 0.25) is 0 Å². The smallest absolute Gasteiger partial charge is 0.165 e. The number of ether oxygens (including phenoxy) is 2. The molecule has 0 radical (unpaired) electrons. The molecule has 3 rings (SSSR count). The normalized spacial score (nSPS) is 16.4. The third-order valence-electron chi connectivity index (χ3n) is 3.82. The fraction of sp³-hybridized carbons (Fsp3) is 0.333. The number of nitrogens with one attached hydrogen (secondary N) is 1. The summed E-state index contributed by atoms with van der Waals surface area (Å²) in [5.74, 6) is 0.574. The van der Waals surface area contributed by atoms with E-state index < -0.39 is 6.10 Å². The topological polar surface area (TPSA) is 50.7 Å². The van der Waals surface area contributed by atoms with Crippen LogP contribution in [0.15, 0.2) is 36.4 Å². The molecular weight excluding hydrogens is 297 g/mol. The Morgan fingerprint density at radius 1 is 1.35 bits per heavy atom. The second-order valence-electron chi connectivity index (χ2n) is 5.43. The number of anilines is 1. The number of para-hydroxylation sites is 1. The number of rotatable bonds is 5. The Bertz CT molecular complexity index is 690. The lowest BCUT2D eigenvalue weighted by atomic mass is 10.0. The van der Waals surface area contributed by atoms with Gasteiger partial charge in [-0.1, -0.05) is 18.2 Å². The zero-order valence-electron chi connectivity index (χ0n) is 13.0. The van der Waals surface area contributed by atoms with Gasteiger partial charge in [-0.3, -0.25) is 0 Å². The lowest BCUT2D eigenvalue weighted by Crippen LogP contribution is -2.15. The summed E-state index contributed by atoms with van der Waals surface area (Å²) in [6.45, 7) is 3.20. The Morgan fingerprint density at radius 2 is 2.22 bits per heavy atom. The summed E-state index contributed by atoms with van der Waals surface area (Å²) in [5, 5.41) is 13.3. The molecule has 1 aliphatic heterocycles. The SMILES string of the molecule is CCOc1ccc(CNc2cccc3c2OCCC3O)cc1F. The van der Waals surface area contributed by atoms with Gasteiger partial charge < -0.3 is 19.9 Å². The molecule has 1 unspecified atom stereocenters. The summed E-state index contributed by atoms with van der Waals surface area (Å²) in [4.78, 5) is 0. The Kier molecular flexibility index (Phi) is 4.67. The van der Waals surface area contributed by atoms with E-state index in [0.29, 0.717) is 31.9 Å². The van der Waals surface area contributed by atoms with Crippen LogP contribution in [0.3, 0.4) is 0 Å². The van der Waals surface area contributed by atoms with E-state index >= 15 is 0 Å². The van der Waals surface area contributed by atoms with Gasteiger partial charge >= 0.3 is 0 Å². The van der Waals surface area contributed by atoms with E-state index in [0.717, 1.165) is 16.8 Å². The van der Waals surface area contributed by atoms with Crippen molar-refractivity contribution in [1.82, 2.24) is 0 Å². The average Bonchev–Trinajstić information content (AvgIpc) is 2.56. The van der Waals surface area contributed by atoms with Crippen molar-refractivity contribution in [3.05, 3.63) is 53.3 Å². The Morgan fingerprint density at radius 3 is 3.00 bits per heavy atom. The van der Waals surface area contributed by atoms with Crippen molar-refractivity contribution in [3.8, 4) is 11.5 Å². The van der Waals surface area contributed by atoms with Gasteiger partial charge in [-0.25, -0.2) is 4.39 Å². The molecule has 0 spiro atoms. The van der Waals surface area contributed by atoms with E-state index in [2.05, 4.69) is 5.32 Å². The highest BCUT2D eigenvalue weighted by Gasteiger charge is 2.21. The zero-order valence-corrected chi connectivity index (χ0v) is 13.0. The molecule has 1 atom stereocenters. The van der Waals surface area contributed by atoms with E-state index in [-0.39, 0.29) is 11.6 Å². The summed E-state index contributed by atoms with van der Waals surface area (Å²) in [6, 6.07) is 10.5. The van der Waals surface area contributed by atoms with E-state index in [1.54, 1.807) is 6.07 Å². The van der Waals surface area contributed by atoms with Crippen LogP contribution in [0.25, 0.3) is 0 Å². The third-order valence-corrected chi connectivity index (χ3v) is 3.82. The van der Waals surface area contributed by atoms with Crippen molar-refractivity contribution in [3.63, 3.8) is 0 Å². The molecule has 5 heteroatoms. The number of fused-ring (bicyclic) bond motifs is 1. The maximum absolute atomic E-state index is 13.9. The van der Waals surface area contributed by atoms with Gasteiger partial charge in [0.1, 0.15) is 5.75 Å². The molecule has 122 valence electrons. The van der Waals surface area contributed by atoms with E-state index in [9.17, 15) is 9.50 Å². The Hall–Kier alpha value is -2.27. The summed E-state index contributed by atoms with van der Waals surface area (Å²) in [6.07, 6.45) is 0.101. The minimum atomic E-state index is -0.497. The molecule has 2 aromatic carbocycles. The highest BCUT2D eigenvalue weighted by molar-refractivity contribution is 5.61. The number of benzene rings is 2. The minimum absolute atomic E-state index is 0.264. The van der Waals surface area contributed by atoms with E-state index in [1.807, 2.05) is 31.2 Å². The van der Waals surface area contributed by atoms with Gasteiger partial charge in [0.2, 0.25) is 0 Å².